The molecule has 1 heterocycles. The Kier molecular flexibility index (Phi) is 9.91. The van der Waals surface area contributed by atoms with Crippen molar-refractivity contribution in [3.8, 4) is 5.75 Å². The first-order chi connectivity index (χ1) is 18.2. The van der Waals surface area contributed by atoms with Gasteiger partial charge in [0.15, 0.2) is 6.23 Å². The highest BCUT2D eigenvalue weighted by atomic mass is 16.5. The summed E-state index contributed by atoms with van der Waals surface area (Å²) in [6, 6.07) is 14.2. The highest BCUT2D eigenvalue weighted by Gasteiger charge is 2.63. The normalized spacial score (nSPS) is 17.1. The van der Waals surface area contributed by atoms with E-state index in [0.717, 1.165) is 30.5 Å². The number of hydrogen-bond donors (Lipinski definition) is 2. The molecule has 4 amide bonds. The Morgan fingerprint density at radius 2 is 1.66 bits per heavy atom. The minimum atomic E-state index is -0.774. The number of β-lactam (4-membered cyclic amide) rings is 1. The Balaban J connectivity index is 1.75. The topological polar surface area (TPSA) is 91.0 Å². The molecule has 0 bridgehead atoms. The van der Waals surface area contributed by atoms with Gasteiger partial charge in [-0.05, 0) is 70.1 Å². The first-order valence-electron chi connectivity index (χ1n) is 13.6. The summed E-state index contributed by atoms with van der Waals surface area (Å²) < 4.78 is 6.27. The molecule has 206 valence electrons. The van der Waals surface area contributed by atoms with Gasteiger partial charge in [0.25, 0.3) is 5.91 Å². The summed E-state index contributed by atoms with van der Waals surface area (Å²) in [7, 11) is 3.90. The Morgan fingerprint density at radius 3 is 2.21 bits per heavy atom. The maximum Gasteiger partial charge on any atom is 0.327 e. The van der Waals surface area contributed by atoms with Gasteiger partial charge in [0, 0.05) is 18.7 Å². The van der Waals surface area contributed by atoms with E-state index in [2.05, 4.69) is 17.6 Å². The largest absolute Gasteiger partial charge is 0.469 e. The summed E-state index contributed by atoms with van der Waals surface area (Å²) >= 11 is 0. The van der Waals surface area contributed by atoms with E-state index in [4.69, 9.17) is 4.74 Å². The van der Waals surface area contributed by atoms with Crippen LogP contribution in [0.4, 0.5) is 4.79 Å². The highest BCUT2D eigenvalue weighted by Crippen LogP contribution is 2.46. The number of urea groups is 1. The lowest BCUT2D eigenvalue weighted by molar-refractivity contribution is -0.191. The molecular formula is C30H42N4O4. The molecular weight excluding hydrogens is 480 g/mol. The number of amides is 4. The average Bonchev–Trinajstić information content (AvgIpc) is 2.89. The van der Waals surface area contributed by atoms with Crippen LogP contribution in [0.2, 0.25) is 0 Å². The van der Waals surface area contributed by atoms with Crippen LogP contribution in [0.15, 0.2) is 48.5 Å². The number of likely N-dealkylation sites (N-methyl/N-ethyl adjacent to an activating group) is 1. The van der Waals surface area contributed by atoms with Gasteiger partial charge < -0.3 is 20.3 Å². The standard InChI is InChI=1S/C30H42N4O4/c1-7-10-25(22-13-11-21(4)12-14-22)32-29(37)34-27(36)30(8-2,9-3)28(34)38-24-17-15-23(16-18-24)26(35)31-19-20-33(5)6/h11-18,25,28H,7-10,19-20H2,1-6H3,(H,31,35)(H,32,37). The zero-order valence-electron chi connectivity index (χ0n) is 23.5. The summed E-state index contributed by atoms with van der Waals surface area (Å²) in [5.41, 5.74) is 1.90. The molecule has 0 radical (unpaired) electrons. The molecule has 2 aromatic carbocycles. The predicted octanol–water partition coefficient (Wildman–Crippen LogP) is 4.89. The molecule has 0 aromatic heterocycles. The third-order valence-electron chi connectivity index (χ3n) is 7.40. The smallest absolute Gasteiger partial charge is 0.327 e. The number of hydrogen-bond acceptors (Lipinski definition) is 5. The Hall–Kier alpha value is -3.39. The van der Waals surface area contributed by atoms with E-state index in [1.807, 2.05) is 64.0 Å². The lowest BCUT2D eigenvalue weighted by Gasteiger charge is -2.53. The van der Waals surface area contributed by atoms with Crippen LogP contribution < -0.4 is 15.4 Å². The molecule has 1 aliphatic heterocycles. The van der Waals surface area contributed by atoms with Crippen molar-refractivity contribution >= 4 is 17.8 Å². The summed E-state index contributed by atoms with van der Waals surface area (Å²) in [4.78, 5) is 42.4. The van der Waals surface area contributed by atoms with Gasteiger partial charge in [-0.15, -0.1) is 0 Å². The van der Waals surface area contributed by atoms with E-state index < -0.39 is 17.7 Å². The first kappa shape index (κ1) is 29.2. The fourth-order valence-electron chi connectivity index (χ4n) is 4.84. The summed E-state index contributed by atoms with van der Waals surface area (Å²) in [6.07, 6.45) is 2.02. The zero-order chi connectivity index (χ0) is 27.9. The Morgan fingerprint density at radius 1 is 1.03 bits per heavy atom. The summed E-state index contributed by atoms with van der Waals surface area (Å²) in [6.45, 7) is 9.28. The lowest BCUT2D eigenvalue weighted by Crippen LogP contribution is -2.73. The number of imide groups is 1. The number of benzene rings is 2. The molecule has 1 saturated heterocycles. The molecule has 2 N–H and O–H groups in total. The van der Waals surface area contributed by atoms with Gasteiger partial charge in [-0.3, -0.25) is 9.59 Å². The zero-order valence-corrected chi connectivity index (χ0v) is 23.5. The molecule has 0 aliphatic carbocycles. The van der Waals surface area contributed by atoms with Crippen molar-refractivity contribution in [3.63, 3.8) is 0 Å². The van der Waals surface area contributed by atoms with Crippen molar-refractivity contribution in [1.82, 2.24) is 20.4 Å². The van der Waals surface area contributed by atoms with E-state index in [9.17, 15) is 14.4 Å². The summed E-state index contributed by atoms with van der Waals surface area (Å²) in [5, 5.41) is 5.96. The molecule has 8 heteroatoms. The van der Waals surface area contributed by atoms with Crippen LogP contribution in [-0.2, 0) is 4.79 Å². The number of rotatable bonds is 12. The fourth-order valence-corrected chi connectivity index (χ4v) is 4.84. The maximum absolute atomic E-state index is 13.4. The second kappa shape index (κ2) is 12.9. The third kappa shape index (κ3) is 6.35. The molecule has 1 fully saturated rings. The van der Waals surface area contributed by atoms with Gasteiger partial charge in [0.1, 0.15) is 11.2 Å². The van der Waals surface area contributed by atoms with Crippen molar-refractivity contribution in [2.45, 2.75) is 65.6 Å². The second-order valence-corrected chi connectivity index (χ2v) is 10.3. The van der Waals surface area contributed by atoms with E-state index in [1.54, 1.807) is 24.3 Å². The van der Waals surface area contributed by atoms with Crippen LogP contribution in [0, 0.1) is 12.3 Å². The maximum atomic E-state index is 13.4. The molecule has 3 rings (SSSR count). The van der Waals surface area contributed by atoms with Crippen molar-refractivity contribution in [2.24, 2.45) is 5.41 Å². The molecule has 0 saturated carbocycles. The van der Waals surface area contributed by atoms with E-state index in [1.165, 1.54) is 4.90 Å². The van der Waals surface area contributed by atoms with Gasteiger partial charge in [-0.1, -0.05) is 57.0 Å². The molecule has 1 aliphatic rings. The van der Waals surface area contributed by atoms with Crippen LogP contribution >= 0.6 is 0 Å². The van der Waals surface area contributed by atoms with Gasteiger partial charge in [-0.2, -0.15) is 0 Å². The van der Waals surface area contributed by atoms with Crippen LogP contribution in [0.25, 0.3) is 0 Å². The molecule has 2 atom stereocenters. The quantitative estimate of drug-likeness (QED) is 0.387. The van der Waals surface area contributed by atoms with Crippen molar-refractivity contribution in [2.75, 3.05) is 27.2 Å². The minimum absolute atomic E-state index is 0.159. The van der Waals surface area contributed by atoms with Gasteiger partial charge in [-0.25, -0.2) is 9.69 Å². The molecule has 2 unspecified atom stereocenters. The molecule has 0 spiro atoms. The lowest BCUT2D eigenvalue weighted by atomic mass is 9.72. The number of nitrogens with zero attached hydrogens (tertiary/aromatic N) is 2. The van der Waals surface area contributed by atoms with E-state index >= 15 is 0 Å². The van der Waals surface area contributed by atoms with Gasteiger partial charge in [0.05, 0.1) is 6.04 Å². The van der Waals surface area contributed by atoms with Crippen molar-refractivity contribution < 1.29 is 19.1 Å². The third-order valence-corrected chi connectivity index (χ3v) is 7.40. The Labute approximate surface area is 226 Å². The van der Waals surface area contributed by atoms with E-state index in [-0.39, 0.29) is 17.9 Å². The van der Waals surface area contributed by atoms with Crippen LogP contribution in [-0.4, -0.2) is 61.1 Å². The van der Waals surface area contributed by atoms with Gasteiger partial charge >= 0.3 is 6.03 Å². The SMILES string of the molecule is CCCC(NC(=O)N1C(=O)C(CC)(CC)C1Oc1ccc(C(=O)NCCN(C)C)cc1)c1ccc(C)cc1. The second-order valence-electron chi connectivity index (χ2n) is 10.3. The molecule has 38 heavy (non-hydrogen) atoms. The van der Waals surface area contributed by atoms with Crippen LogP contribution in [0.1, 0.15) is 74.0 Å². The number of carbonyl (C=O) groups excluding carboxylic acids is 3. The van der Waals surface area contributed by atoms with Crippen LogP contribution in [0.3, 0.4) is 0 Å². The number of nitrogens with one attached hydrogen (secondary N) is 2. The molecule has 2 aromatic rings. The number of likely N-dealkylation sites (tertiary alicyclic amines) is 1. The number of carbonyl (C=O) groups is 3. The van der Waals surface area contributed by atoms with Gasteiger partial charge in [0.2, 0.25) is 5.91 Å². The predicted molar refractivity (Wildman–Crippen MR) is 149 cm³/mol. The fraction of sp³-hybridized carbons (Fsp3) is 0.500. The Bertz CT molecular complexity index is 1090. The number of aryl methyl sites for hydroxylation is 1. The number of ether oxygens (including phenoxy) is 1. The minimum Gasteiger partial charge on any atom is -0.469 e. The average molecular weight is 523 g/mol. The molecule has 8 nitrogen and oxygen atoms in total. The summed E-state index contributed by atoms with van der Waals surface area (Å²) in [5.74, 6) is 0.119. The monoisotopic (exact) mass is 522 g/mol. The van der Waals surface area contributed by atoms with E-state index in [0.29, 0.717) is 30.7 Å². The van der Waals surface area contributed by atoms with Crippen LogP contribution in [0.5, 0.6) is 5.75 Å². The van der Waals surface area contributed by atoms with Crippen molar-refractivity contribution in [1.29, 1.82) is 0 Å². The highest BCUT2D eigenvalue weighted by molar-refractivity contribution is 6.03. The first-order valence-corrected chi connectivity index (χ1v) is 13.6. The van der Waals surface area contributed by atoms with Crippen molar-refractivity contribution in [3.05, 3.63) is 65.2 Å².